The monoisotopic (exact) mass is 277 g/mol. The first-order chi connectivity index (χ1) is 9.49. The van der Waals surface area contributed by atoms with Crippen LogP contribution in [0.5, 0.6) is 0 Å². The van der Waals surface area contributed by atoms with Crippen molar-refractivity contribution in [3.63, 3.8) is 0 Å². The summed E-state index contributed by atoms with van der Waals surface area (Å²) < 4.78 is 5.17. The van der Waals surface area contributed by atoms with Gasteiger partial charge in [0.1, 0.15) is 11.4 Å². The molecule has 0 aliphatic carbocycles. The molecule has 8 heteroatoms. The Hall–Kier alpha value is -2.90. The van der Waals surface area contributed by atoms with E-state index in [9.17, 15) is 20.2 Å². The number of non-ortho nitro benzene ring substituents is 1. The van der Waals surface area contributed by atoms with Crippen molar-refractivity contribution in [2.24, 2.45) is 0 Å². The molecule has 0 N–H and O–H groups in total. The molecule has 0 aliphatic rings. The first kappa shape index (κ1) is 13.5. The Labute approximate surface area is 113 Å². The van der Waals surface area contributed by atoms with Crippen LogP contribution in [0.4, 0.5) is 17.1 Å². The van der Waals surface area contributed by atoms with Crippen molar-refractivity contribution in [2.75, 3.05) is 11.9 Å². The quantitative estimate of drug-likeness (QED) is 0.615. The zero-order valence-corrected chi connectivity index (χ0v) is 10.6. The van der Waals surface area contributed by atoms with Gasteiger partial charge in [0.25, 0.3) is 11.4 Å². The van der Waals surface area contributed by atoms with E-state index in [0.29, 0.717) is 12.3 Å². The second-order valence-electron chi connectivity index (χ2n) is 4.12. The Balaban J connectivity index is 2.35. The predicted octanol–water partition coefficient (Wildman–Crippen LogP) is 2.73. The maximum Gasteiger partial charge on any atom is 0.299 e. The van der Waals surface area contributed by atoms with Gasteiger partial charge < -0.3 is 9.32 Å². The largest absolute Gasteiger partial charge is 0.467 e. The molecule has 2 aromatic rings. The second-order valence-corrected chi connectivity index (χ2v) is 4.12. The van der Waals surface area contributed by atoms with Crippen LogP contribution in [0.2, 0.25) is 0 Å². The lowest BCUT2D eigenvalue weighted by molar-refractivity contribution is -0.393. The highest BCUT2D eigenvalue weighted by molar-refractivity contribution is 5.66. The van der Waals surface area contributed by atoms with Gasteiger partial charge in [-0.25, -0.2) is 0 Å². The number of furan rings is 1. The van der Waals surface area contributed by atoms with E-state index in [1.165, 1.54) is 18.4 Å². The Morgan fingerprint density at radius 2 is 1.95 bits per heavy atom. The number of nitrogens with zero attached hydrogens (tertiary/aromatic N) is 3. The summed E-state index contributed by atoms with van der Waals surface area (Å²) in [6.45, 7) is 0.325. The smallest absolute Gasteiger partial charge is 0.299 e. The lowest BCUT2D eigenvalue weighted by Gasteiger charge is -2.17. The number of hydrogen-bond donors (Lipinski definition) is 0. The third kappa shape index (κ3) is 2.74. The lowest BCUT2D eigenvalue weighted by Crippen LogP contribution is -2.17. The molecule has 0 fully saturated rings. The molecule has 8 nitrogen and oxygen atoms in total. The minimum Gasteiger partial charge on any atom is -0.467 e. The molecular weight excluding hydrogens is 266 g/mol. The average molecular weight is 277 g/mol. The van der Waals surface area contributed by atoms with Crippen molar-refractivity contribution >= 4 is 17.1 Å². The van der Waals surface area contributed by atoms with Crippen LogP contribution in [0.3, 0.4) is 0 Å². The molecule has 0 radical (unpaired) electrons. The fourth-order valence-corrected chi connectivity index (χ4v) is 1.82. The van der Waals surface area contributed by atoms with E-state index in [-0.39, 0.29) is 17.1 Å². The summed E-state index contributed by atoms with van der Waals surface area (Å²) >= 11 is 0. The van der Waals surface area contributed by atoms with Gasteiger partial charge in [-0.1, -0.05) is 0 Å². The predicted molar refractivity (Wildman–Crippen MR) is 70.6 cm³/mol. The SMILES string of the molecule is CN(Cc1ccco1)c1ccc([N+](=O)[O-])cc1[N+](=O)[O-]. The third-order valence-electron chi connectivity index (χ3n) is 2.75. The van der Waals surface area contributed by atoms with Gasteiger partial charge in [0.2, 0.25) is 0 Å². The summed E-state index contributed by atoms with van der Waals surface area (Å²) in [4.78, 5) is 22.0. The van der Waals surface area contributed by atoms with Crippen LogP contribution in [-0.2, 0) is 6.54 Å². The first-order valence-electron chi connectivity index (χ1n) is 5.65. The summed E-state index contributed by atoms with van der Waals surface area (Å²) in [7, 11) is 1.65. The summed E-state index contributed by atoms with van der Waals surface area (Å²) in [5, 5.41) is 21.7. The van der Waals surface area contributed by atoms with Crippen molar-refractivity contribution in [2.45, 2.75) is 6.54 Å². The molecule has 20 heavy (non-hydrogen) atoms. The van der Waals surface area contributed by atoms with Crippen LogP contribution in [0, 0.1) is 20.2 Å². The Morgan fingerprint density at radius 3 is 2.50 bits per heavy atom. The van der Waals surface area contributed by atoms with Crippen LogP contribution in [0.25, 0.3) is 0 Å². The maximum atomic E-state index is 11.0. The molecule has 0 spiro atoms. The second kappa shape index (κ2) is 5.39. The number of nitro benzene ring substituents is 2. The summed E-state index contributed by atoms with van der Waals surface area (Å²) in [5.74, 6) is 0.639. The number of hydrogen-bond acceptors (Lipinski definition) is 6. The van der Waals surface area contributed by atoms with Crippen molar-refractivity contribution < 1.29 is 14.3 Å². The fraction of sp³-hybridized carbons (Fsp3) is 0.167. The van der Waals surface area contributed by atoms with Crippen molar-refractivity contribution in [3.05, 3.63) is 62.6 Å². The van der Waals surface area contributed by atoms with Gasteiger partial charge in [0.05, 0.1) is 28.7 Å². The van der Waals surface area contributed by atoms with E-state index >= 15 is 0 Å². The lowest BCUT2D eigenvalue weighted by atomic mass is 10.2. The molecule has 0 aliphatic heterocycles. The van der Waals surface area contributed by atoms with Gasteiger partial charge in [-0.05, 0) is 18.2 Å². The molecule has 1 aromatic heterocycles. The van der Waals surface area contributed by atoms with E-state index < -0.39 is 9.85 Å². The van der Waals surface area contributed by atoms with Gasteiger partial charge in [0, 0.05) is 13.1 Å². The molecule has 1 aromatic carbocycles. The van der Waals surface area contributed by atoms with Crippen LogP contribution in [-0.4, -0.2) is 16.9 Å². The van der Waals surface area contributed by atoms with Gasteiger partial charge in [0.15, 0.2) is 0 Å². The molecular formula is C12H11N3O5. The van der Waals surface area contributed by atoms with Gasteiger partial charge in [-0.2, -0.15) is 0 Å². The maximum absolute atomic E-state index is 11.0. The average Bonchev–Trinajstić information content (AvgIpc) is 2.90. The Morgan fingerprint density at radius 1 is 1.20 bits per heavy atom. The van der Waals surface area contributed by atoms with E-state index in [0.717, 1.165) is 6.07 Å². The molecule has 0 saturated heterocycles. The number of anilines is 1. The molecule has 0 bridgehead atoms. The van der Waals surface area contributed by atoms with Crippen LogP contribution >= 0.6 is 0 Å². The standard InChI is InChI=1S/C12H11N3O5/c1-13(8-10-3-2-6-20-10)11-5-4-9(14(16)17)7-12(11)15(18)19/h2-7H,8H2,1H3. The minimum absolute atomic E-state index is 0.289. The number of benzene rings is 1. The summed E-state index contributed by atoms with van der Waals surface area (Å²) in [5.41, 5.74) is -0.336. The van der Waals surface area contributed by atoms with Gasteiger partial charge in [-0.3, -0.25) is 20.2 Å². The van der Waals surface area contributed by atoms with E-state index in [4.69, 9.17) is 4.42 Å². The molecule has 0 saturated carbocycles. The Bertz CT molecular complexity index is 639. The molecule has 1 heterocycles. The molecule has 0 unspecified atom stereocenters. The van der Waals surface area contributed by atoms with Crippen LogP contribution in [0.1, 0.15) is 5.76 Å². The molecule has 0 atom stereocenters. The van der Waals surface area contributed by atoms with Gasteiger partial charge >= 0.3 is 0 Å². The highest BCUT2D eigenvalue weighted by atomic mass is 16.6. The topological polar surface area (TPSA) is 103 Å². The summed E-state index contributed by atoms with van der Waals surface area (Å²) in [6.07, 6.45) is 1.51. The fourth-order valence-electron chi connectivity index (χ4n) is 1.82. The van der Waals surface area contributed by atoms with Crippen molar-refractivity contribution in [3.8, 4) is 0 Å². The first-order valence-corrected chi connectivity index (χ1v) is 5.65. The summed E-state index contributed by atoms with van der Waals surface area (Å²) in [6, 6.07) is 7.01. The molecule has 104 valence electrons. The van der Waals surface area contributed by atoms with E-state index in [1.807, 2.05) is 0 Å². The number of nitro groups is 2. The zero-order valence-electron chi connectivity index (χ0n) is 10.6. The van der Waals surface area contributed by atoms with Crippen LogP contribution < -0.4 is 4.90 Å². The molecule has 2 rings (SSSR count). The third-order valence-corrected chi connectivity index (χ3v) is 2.75. The van der Waals surface area contributed by atoms with Crippen molar-refractivity contribution in [1.82, 2.24) is 0 Å². The highest BCUT2D eigenvalue weighted by Crippen LogP contribution is 2.32. The van der Waals surface area contributed by atoms with Crippen LogP contribution in [0.15, 0.2) is 41.0 Å². The minimum atomic E-state index is -0.663. The van der Waals surface area contributed by atoms with E-state index in [1.54, 1.807) is 24.1 Å². The van der Waals surface area contributed by atoms with E-state index in [2.05, 4.69) is 0 Å². The zero-order chi connectivity index (χ0) is 14.7. The normalized spacial score (nSPS) is 10.2. The molecule has 0 amide bonds. The van der Waals surface area contributed by atoms with Gasteiger partial charge in [-0.15, -0.1) is 0 Å². The number of rotatable bonds is 5. The Kier molecular flexibility index (Phi) is 3.65. The highest BCUT2D eigenvalue weighted by Gasteiger charge is 2.22. The van der Waals surface area contributed by atoms with Crippen molar-refractivity contribution in [1.29, 1.82) is 0 Å².